The van der Waals surface area contributed by atoms with E-state index in [-0.39, 0.29) is 51.2 Å². The number of aromatic amines is 2. The van der Waals surface area contributed by atoms with E-state index in [1.807, 2.05) is 6.07 Å². The average Bonchev–Trinajstić information content (AvgIpc) is 3.22. The van der Waals surface area contributed by atoms with E-state index in [4.69, 9.17) is 25.8 Å². The van der Waals surface area contributed by atoms with Crippen LogP contribution in [-0.2, 0) is 4.79 Å². The van der Waals surface area contributed by atoms with Crippen molar-refractivity contribution < 1.29 is 23.8 Å². The molecule has 1 aromatic heterocycles. The number of allylic oxidation sites excluding steroid dienone is 1. The zero-order chi connectivity index (χ0) is 26.9. The van der Waals surface area contributed by atoms with Crippen molar-refractivity contribution in [2.24, 2.45) is 5.92 Å². The lowest BCUT2D eigenvalue weighted by atomic mass is 9.66. The molecule has 3 atom stereocenters. The maximum Gasteiger partial charge on any atom is 0.327 e. The highest BCUT2D eigenvalue weighted by Gasteiger charge is 2.63. The summed E-state index contributed by atoms with van der Waals surface area (Å²) in [4.78, 5) is 58.7. The van der Waals surface area contributed by atoms with Crippen molar-refractivity contribution >= 4 is 29.0 Å². The molecule has 0 amide bonds. The lowest BCUT2D eigenvalue weighted by Crippen LogP contribution is -2.58. The summed E-state index contributed by atoms with van der Waals surface area (Å²) in [6.45, 7) is 1.73. The van der Waals surface area contributed by atoms with Gasteiger partial charge in [-0.3, -0.25) is 24.4 Å². The van der Waals surface area contributed by atoms with Gasteiger partial charge in [0.2, 0.25) is 17.2 Å². The molecule has 3 heterocycles. The van der Waals surface area contributed by atoms with Crippen molar-refractivity contribution in [2.45, 2.75) is 24.9 Å². The monoisotopic (exact) mass is 535 g/mol. The first-order valence-electron chi connectivity index (χ1n) is 11.9. The average molecular weight is 536 g/mol. The number of ketones is 2. The van der Waals surface area contributed by atoms with Gasteiger partial charge < -0.3 is 19.5 Å². The molecule has 3 aliphatic rings. The molecule has 3 N–H and O–H groups in total. The number of methoxy groups -OCH3 is 2. The molecule has 1 unspecified atom stereocenters. The highest BCUT2D eigenvalue weighted by Crippen LogP contribution is 2.56. The zero-order valence-electron chi connectivity index (χ0n) is 20.6. The number of carbonyl (C=O) groups excluding carboxylic acids is 2. The molecule has 1 aliphatic carbocycles. The third-order valence-electron chi connectivity index (χ3n) is 7.50. The van der Waals surface area contributed by atoms with Gasteiger partial charge in [-0.1, -0.05) is 48.9 Å². The summed E-state index contributed by atoms with van der Waals surface area (Å²) in [7, 11) is 2.82. The van der Waals surface area contributed by atoms with Gasteiger partial charge in [-0.25, -0.2) is 4.79 Å². The Balaban J connectivity index is 1.58. The van der Waals surface area contributed by atoms with E-state index in [1.165, 1.54) is 20.3 Å². The molecular formula is C27H22ClN3O7. The Morgan fingerprint density at radius 1 is 1.00 bits per heavy atom. The van der Waals surface area contributed by atoms with Crippen LogP contribution in [0.2, 0.25) is 5.02 Å². The van der Waals surface area contributed by atoms with Gasteiger partial charge in [0.25, 0.3) is 5.56 Å². The second-order valence-corrected chi connectivity index (χ2v) is 9.84. The number of anilines is 1. The molecule has 0 fully saturated rings. The van der Waals surface area contributed by atoms with Crippen LogP contribution in [0.4, 0.5) is 5.82 Å². The summed E-state index contributed by atoms with van der Waals surface area (Å²) in [5.74, 6) is -2.06. The summed E-state index contributed by atoms with van der Waals surface area (Å²) >= 11 is 6.54. The molecule has 194 valence electrons. The first-order chi connectivity index (χ1) is 18.2. The van der Waals surface area contributed by atoms with Gasteiger partial charge >= 0.3 is 5.69 Å². The predicted octanol–water partition coefficient (Wildman–Crippen LogP) is 3.17. The molecule has 0 bridgehead atoms. The Morgan fingerprint density at radius 3 is 2.39 bits per heavy atom. The maximum absolute atomic E-state index is 14.6. The topological polar surface area (TPSA) is 140 Å². The number of H-pyrrole nitrogens is 2. The molecule has 10 nitrogen and oxygen atoms in total. The Kier molecular flexibility index (Phi) is 5.29. The number of Topliss-reactive ketones (excluding diaryl/α,β-unsaturated/α-hetero) is 2. The molecule has 6 rings (SSSR count). The smallest absolute Gasteiger partial charge is 0.327 e. The highest BCUT2D eigenvalue weighted by atomic mass is 35.5. The molecule has 38 heavy (non-hydrogen) atoms. The fourth-order valence-electron chi connectivity index (χ4n) is 5.76. The van der Waals surface area contributed by atoms with Crippen LogP contribution in [0.1, 0.15) is 40.7 Å². The number of nitrogens with one attached hydrogen (secondary N) is 3. The fourth-order valence-corrected chi connectivity index (χ4v) is 6.03. The van der Waals surface area contributed by atoms with Gasteiger partial charge in [0.1, 0.15) is 27.9 Å². The van der Waals surface area contributed by atoms with Crippen LogP contribution < -0.4 is 30.8 Å². The van der Waals surface area contributed by atoms with Gasteiger partial charge in [-0.05, 0) is 12.0 Å². The van der Waals surface area contributed by atoms with Crippen molar-refractivity contribution in [1.29, 1.82) is 0 Å². The standard InChI is InChI=1S/C27H22ClN3O7/c1-11-9-13-17(16(12-7-5-4-6-8-12)19-24(29-13)30-26(35)31-25(19)34)22(32)27(11)23(33)18-14(36-2)10-15(37-3)20(28)21(18)38-27/h4-8,10-11,16H,9H2,1-3H3,(H3,29,30,31,34,35)/t11-,16?,27+/m1/s1. The molecule has 0 saturated heterocycles. The number of benzene rings is 2. The lowest BCUT2D eigenvalue weighted by Gasteiger charge is -2.42. The molecule has 0 saturated carbocycles. The van der Waals surface area contributed by atoms with Gasteiger partial charge in [0, 0.05) is 29.2 Å². The summed E-state index contributed by atoms with van der Waals surface area (Å²) in [6.07, 6.45) is 0.218. The molecule has 11 heteroatoms. The van der Waals surface area contributed by atoms with Crippen molar-refractivity contribution in [3.8, 4) is 17.2 Å². The fraction of sp³-hybridized carbons (Fsp3) is 0.259. The van der Waals surface area contributed by atoms with Gasteiger partial charge in [-0.15, -0.1) is 0 Å². The first-order valence-corrected chi connectivity index (χ1v) is 12.2. The molecule has 0 radical (unpaired) electrons. The quantitative estimate of drug-likeness (QED) is 0.435. The number of hydrogen-bond donors (Lipinski definition) is 3. The number of fused-ring (bicyclic) bond motifs is 2. The van der Waals surface area contributed by atoms with E-state index in [0.717, 1.165) is 0 Å². The van der Waals surface area contributed by atoms with Gasteiger partial charge in [-0.2, -0.15) is 0 Å². The van der Waals surface area contributed by atoms with Crippen molar-refractivity contribution in [2.75, 3.05) is 19.5 Å². The second kappa shape index (κ2) is 8.35. The van der Waals surface area contributed by atoms with Crippen molar-refractivity contribution in [3.05, 3.63) is 90.2 Å². The van der Waals surface area contributed by atoms with Gasteiger partial charge in [0.15, 0.2) is 5.75 Å². The van der Waals surface area contributed by atoms with Gasteiger partial charge in [0.05, 0.1) is 19.8 Å². The summed E-state index contributed by atoms with van der Waals surface area (Å²) in [6, 6.07) is 10.4. The minimum Gasteiger partial charge on any atom is -0.496 e. The summed E-state index contributed by atoms with van der Waals surface area (Å²) in [5, 5.41) is 3.13. The van der Waals surface area contributed by atoms with Crippen LogP contribution in [0.25, 0.3) is 0 Å². The normalized spacial score (nSPS) is 23.4. The van der Waals surface area contributed by atoms with E-state index in [2.05, 4.69) is 15.3 Å². The third kappa shape index (κ3) is 3.06. The Morgan fingerprint density at radius 2 is 1.71 bits per heavy atom. The van der Waals surface area contributed by atoms with Crippen molar-refractivity contribution in [3.63, 3.8) is 0 Å². The largest absolute Gasteiger partial charge is 0.496 e. The number of rotatable bonds is 3. The molecular weight excluding hydrogens is 514 g/mol. The van der Waals surface area contributed by atoms with Crippen LogP contribution in [-0.4, -0.2) is 41.4 Å². The Bertz CT molecular complexity index is 1690. The maximum atomic E-state index is 14.6. The van der Waals surface area contributed by atoms with Crippen LogP contribution in [0.15, 0.2) is 57.3 Å². The Labute approximate surface area is 220 Å². The van der Waals surface area contributed by atoms with Crippen LogP contribution in [0.5, 0.6) is 17.2 Å². The molecule has 3 aromatic rings. The second-order valence-electron chi connectivity index (χ2n) is 9.46. The summed E-state index contributed by atoms with van der Waals surface area (Å²) in [5.41, 5.74) is -1.69. The number of aromatic nitrogens is 2. The molecule has 2 aromatic carbocycles. The zero-order valence-corrected chi connectivity index (χ0v) is 21.3. The summed E-state index contributed by atoms with van der Waals surface area (Å²) < 4.78 is 17.0. The highest BCUT2D eigenvalue weighted by molar-refractivity contribution is 6.36. The van der Waals surface area contributed by atoms with E-state index in [0.29, 0.717) is 11.3 Å². The van der Waals surface area contributed by atoms with Crippen LogP contribution in [0, 0.1) is 5.92 Å². The van der Waals surface area contributed by atoms with E-state index in [9.17, 15) is 19.2 Å². The number of hydrogen-bond acceptors (Lipinski definition) is 8. The minimum atomic E-state index is -1.94. The van der Waals surface area contributed by atoms with Crippen LogP contribution in [0.3, 0.4) is 0 Å². The molecule has 1 spiro atoms. The van der Waals surface area contributed by atoms with E-state index >= 15 is 0 Å². The van der Waals surface area contributed by atoms with Crippen LogP contribution >= 0.6 is 11.6 Å². The third-order valence-corrected chi connectivity index (χ3v) is 7.85. The first kappa shape index (κ1) is 24.1. The minimum absolute atomic E-state index is 0.0136. The number of carbonyl (C=O) groups is 2. The SMILES string of the molecule is COc1cc(OC)c2c(c1Cl)O[C@@]1(C(=O)C3=C(C[C@H]1C)Nc1[nH]c(=O)[nH]c(=O)c1C3c1ccccc1)C2=O. The number of halogens is 1. The van der Waals surface area contributed by atoms with E-state index < -0.39 is 40.3 Å². The lowest BCUT2D eigenvalue weighted by molar-refractivity contribution is -0.130. The van der Waals surface area contributed by atoms with E-state index in [1.54, 1.807) is 31.2 Å². The molecule has 2 aliphatic heterocycles. The van der Waals surface area contributed by atoms with Crippen molar-refractivity contribution in [1.82, 2.24) is 9.97 Å². The Hall–Kier alpha value is -4.31. The number of ether oxygens (including phenoxy) is 3. The predicted molar refractivity (Wildman–Crippen MR) is 138 cm³/mol.